The number of aliphatic carboxylic acids is 1. The van der Waals surface area contributed by atoms with Gasteiger partial charge in [-0.1, -0.05) is 18.2 Å². The van der Waals surface area contributed by atoms with E-state index in [4.69, 9.17) is 5.11 Å². The van der Waals surface area contributed by atoms with Crippen molar-refractivity contribution >= 4 is 22.8 Å². The predicted octanol–water partition coefficient (Wildman–Crippen LogP) is 2.40. The quantitative estimate of drug-likeness (QED) is 0.890. The summed E-state index contributed by atoms with van der Waals surface area (Å²) in [5.41, 5.74) is 1.13. The second-order valence-electron chi connectivity index (χ2n) is 5.93. The first-order valence-corrected chi connectivity index (χ1v) is 7.69. The van der Waals surface area contributed by atoms with E-state index >= 15 is 0 Å². The van der Waals surface area contributed by atoms with Gasteiger partial charge in [0, 0.05) is 30.7 Å². The Morgan fingerprint density at radius 1 is 1.23 bits per heavy atom. The Kier molecular flexibility index (Phi) is 4.13. The number of carboxylic acid groups (broad SMARTS) is 1. The van der Waals surface area contributed by atoms with E-state index in [0.717, 1.165) is 11.9 Å². The minimum absolute atomic E-state index is 0.00572. The smallest absolute Gasteiger partial charge is 0.306 e. The Labute approximate surface area is 128 Å². The van der Waals surface area contributed by atoms with Crippen LogP contribution in [0.1, 0.15) is 25.7 Å². The van der Waals surface area contributed by atoms with Gasteiger partial charge in [-0.15, -0.1) is 0 Å². The Balaban J connectivity index is 1.52. The molecule has 22 heavy (non-hydrogen) atoms. The van der Waals surface area contributed by atoms with E-state index in [9.17, 15) is 9.59 Å². The number of benzene rings is 1. The summed E-state index contributed by atoms with van der Waals surface area (Å²) >= 11 is 0. The van der Waals surface area contributed by atoms with Crippen LogP contribution >= 0.6 is 0 Å². The number of fused-ring (bicyclic) bond motifs is 1. The van der Waals surface area contributed by atoms with Crippen molar-refractivity contribution in [1.29, 1.82) is 0 Å². The van der Waals surface area contributed by atoms with Gasteiger partial charge in [0.25, 0.3) is 0 Å². The summed E-state index contributed by atoms with van der Waals surface area (Å²) in [5.74, 6) is -1.07. The molecule has 2 N–H and O–H groups in total. The number of amides is 1. The molecule has 1 heterocycles. The number of rotatable bonds is 5. The van der Waals surface area contributed by atoms with Gasteiger partial charge < -0.3 is 15.0 Å². The number of hydrogen-bond donors (Lipinski definition) is 2. The summed E-state index contributed by atoms with van der Waals surface area (Å²) < 4.78 is 2.07. The van der Waals surface area contributed by atoms with Crippen LogP contribution in [0.2, 0.25) is 0 Å². The third kappa shape index (κ3) is 3.13. The molecule has 0 bridgehead atoms. The number of para-hydroxylation sites is 1. The average Bonchev–Trinajstić information content (AvgIpc) is 3.12. The van der Waals surface area contributed by atoms with E-state index in [2.05, 4.69) is 16.0 Å². The maximum atomic E-state index is 12.0. The van der Waals surface area contributed by atoms with Crippen LogP contribution in [0.4, 0.5) is 0 Å². The molecule has 1 aliphatic carbocycles. The molecule has 1 saturated carbocycles. The number of carbonyl (C=O) groups is 2. The van der Waals surface area contributed by atoms with Crippen LogP contribution in [0.5, 0.6) is 0 Å². The van der Waals surface area contributed by atoms with Gasteiger partial charge in [-0.05, 0) is 36.8 Å². The highest BCUT2D eigenvalue weighted by Gasteiger charge is 2.30. The highest BCUT2D eigenvalue weighted by Crippen LogP contribution is 2.25. The van der Waals surface area contributed by atoms with Crippen molar-refractivity contribution in [2.24, 2.45) is 5.92 Å². The van der Waals surface area contributed by atoms with Crippen molar-refractivity contribution in [2.75, 3.05) is 0 Å². The molecule has 0 spiro atoms. The summed E-state index contributed by atoms with van der Waals surface area (Å²) in [6, 6.07) is 10.1. The van der Waals surface area contributed by atoms with E-state index < -0.39 is 5.97 Å². The van der Waals surface area contributed by atoms with Crippen molar-refractivity contribution in [3.63, 3.8) is 0 Å². The van der Waals surface area contributed by atoms with Crippen molar-refractivity contribution in [3.8, 4) is 0 Å². The molecular weight excluding hydrogens is 280 g/mol. The fourth-order valence-corrected chi connectivity index (χ4v) is 3.19. The number of nitrogens with zero attached hydrogens (tertiary/aromatic N) is 1. The van der Waals surface area contributed by atoms with Crippen molar-refractivity contribution in [1.82, 2.24) is 9.88 Å². The zero-order valence-corrected chi connectivity index (χ0v) is 12.4. The van der Waals surface area contributed by atoms with Gasteiger partial charge in [0.2, 0.25) is 5.91 Å². The van der Waals surface area contributed by atoms with Crippen LogP contribution in [-0.2, 0) is 16.1 Å². The van der Waals surface area contributed by atoms with E-state index in [1.165, 1.54) is 5.39 Å². The molecule has 1 fully saturated rings. The molecular formula is C17H20N2O3. The summed E-state index contributed by atoms with van der Waals surface area (Å²) in [4.78, 5) is 23.0. The lowest BCUT2D eigenvalue weighted by molar-refractivity contribution is -0.141. The van der Waals surface area contributed by atoms with Gasteiger partial charge in [-0.3, -0.25) is 9.59 Å². The summed E-state index contributed by atoms with van der Waals surface area (Å²) in [5, 5.41) is 13.1. The lowest BCUT2D eigenvalue weighted by Gasteiger charge is -2.13. The SMILES string of the molecule is O=C(CCn1ccc2ccccc21)N[C@@H]1CC[C@@H](C(=O)O)C1. The van der Waals surface area contributed by atoms with Crippen LogP contribution < -0.4 is 5.32 Å². The van der Waals surface area contributed by atoms with Gasteiger partial charge in [-0.25, -0.2) is 0 Å². The minimum Gasteiger partial charge on any atom is -0.481 e. The minimum atomic E-state index is -0.754. The van der Waals surface area contributed by atoms with Crippen LogP contribution in [0.15, 0.2) is 36.5 Å². The van der Waals surface area contributed by atoms with Gasteiger partial charge in [-0.2, -0.15) is 0 Å². The third-order valence-electron chi connectivity index (χ3n) is 4.41. The van der Waals surface area contributed by atoms with Gasteiger partial charge in [0.15, 0.2) is 0 Å². The molecule has 0 saturated heterocycles. The third-order valence-corrected chi connectivity index (χ3v) is 4.41. The first-order valence-electron chi connectivity index (χ1n) is 7.69. The molecule has 5 heteroatoms. The first kappa shape index (κ1) is 14.6. The number of carbonyl (C=O) groups excluding carboxylic acids is 1. The molecule has 5 nitrogen and oxygen atoms in total. The lowest BCUT2D eigenvalue weighted by atomic mass is 10.1. The van der Waals surface area contributed by atoms with E-state index in [1.54, 1.807) is 0 Å². The monoisotopic (exact) mass is 300 g/mol. The lowest BCUT2D eigenvalue weighted by Crippen LogP contribution is -2.33. The predicted molar refractivity (Wildman–Crippen MR) is 83.5 cm³/mol. The van der Waals surface area contributed by atoms with Crippen molar-refractivity contribution in [2.45, 2.75) is 38.3 Å². The maximum absolute atomic E-state index is 12.0. The van der Waals surface area contributed by atoms with Crippen LogP contribution in [0, 0.1) is 5.92 Å². The van der Waals surface area contributed by atoms with E-state index in [-0.39, 0.29) is 17.9 Å². The first-order chi connectivity index (χ1) is 10.6. The Bertz CT molecular complexity index is 692. The fraction of sp³-hybridized carbons (Fsp3) is 0.412. The van der Waals surface area contributed by atoms with Gasteiger partial charge in [0.05, 0.1) is 5.92 Å². The van der Waals surface area contributed by atoms with Crippen molar-refractivity contribution in [3.05, 3.63) is 36.5 Å². The maximum Gasteiger partial charge on any atom is 0.306 e. The fourth-order valence-electron chi connectivity index (χ4n) is 3.19. The Morgan fingerprint density at radius 3 is 2.82 bits per heavy atom. The molecule has 1 aliphatic rings. The average molecular weight is 300 g/mol. The summed E-state index contributed by atoms with van der Waals surface area (Å²) in [6.45, 7) is 0.633. The topological polar surface area (TPSA) is 71.3 Å². The Morgan fingerprint density at radius 2 is 2.05 bits per heavy atom. The molecule has 2 aromatic rings. The molecule has 0 aliphatic heterocycles. The zero-order valence-electron chi connectivity index (χ0n) is 12.4. The van der Waals surface area contributed by atoms with Crippen LogP contribution in [0.25, 0.3) is 10.9 Å². The highest BCUT2D eigenvalue weighted by atomic mass is 16.4. The van der Waals surface area contributed by atoms with Gasteiger partial charge >= 0.3 is 5.97 Å². The summed E-state index contributed by atoms with van der Waals surface area (Å²) in [6.07, 6.45) is 4.37. The number of aryl methyl sites for hydroxylation is 1. The standard InChI is InChI=1S/C17H20N2O3/c20-16(18-14-6-5-13(11-14)17(21)22)8-10-19-9-7-12-3-1-2-4-15(12)19/h1-4,7,9,13-14H,5-6,8,10-11H2,(H,18,20)(H,21,22)/t13-,14-/m1/s1. The second kappa shape index (κ2) is 6.22. The number of hydrogen-bond acceptors (Lipinski definition) is 2. The zero-order chi connectivity index (χ0) is 15.5. The molecule has 0 unspecified atom stereocenters. The van der Waals surface area contributed by atoms with Crippen molar-refractivity contribution < 1.29 is 14.7 Å². The highest BCUT2D eigenvalue weighted by molar-refractivity contribution is 5.80. The van der Waals surface area contributed by atoms with Crippen LogP contribution in [0.3, 0.4) is 0 Å². The summed E-state index contributed by atoms with van der Waals surface area (Å²) in [7, 11) is 0. The molecule has 116 valence electrons. The van der Waals surface area contributed by atoms with E-state index in [1.807, 2.05) is 30.5 Å². The molecule has 1 aromatic carbocycles. The largest absolute Gasteiger partial charge is 0.481 e. The molecule has 1 aromatic heterocycles. The van der Waals surface area contributed by atoms with Crippen LogP contribution in [-0.4, -0.2) is 27.6 Å². The normalized spacial score (nSPS) is 21.1. The number of carboxylic acids is 1. The Hall–Kier alpha value is -2.30. The van der Waals surface area contributed by atoms with Gasteiger partial charge in [0.1, 0.15) is 0 Å². The number of nitrogens with one attached hydrogen (secondary N) is 1. The number of aromatic nitrogens is 1. The molecule has 1 amide bonds. The second-order valence-corrected chi connectivity index (χ2v) is 5.93. The molecule has 0 radical (unpaired) electrons. The molecule has 2 atom stereocenters. The van der Waals surface area contributed by atoms with E-state index in [0.29, 0.717) is 25.8 Å². The molecule has 3 rings (SSSR count).